The molecule has 226 valence electrons. The van der Waals surface area contributed by atoms with Gasteiger partial charge in [-0.15, -0.1) is 0 Å². The zero-order chi connectivity index (χ0) is 32.2. The molecule has 0 bridgehead atoms. The summed E-state index contributed by atoms with van der Waals surface area (Å²) in [6, 6.07) is 20.1. The number of aromatic amines is 1. The Kier molecular flexibility index (Phi) is 10.2. The highest BCUT2D eigenvalue weighted by atomic mass is 35.5. The third-order valence-corrected chi connectivity index (χ3v) is 6.82. The maximum atomic E-state index is 12.0. The normalized spacial score (nSPS) is 11.8. The van der Waals surface area contributed by atoms with Gasteiger partial charge >= 0.3 is 0 Å². The van der Waals surface area contributed by atoms with E-state index in [0.717, 1.165) is 33.0 Å². The highest BCUT2D eigenvalue weighted by molar-refractivity contribution is 6.30. The van der Waals surface area contributed by atoms with Gasteiger partial charge in [0.1, 0.15) is 5.58 Å². The van der Waals surface area contributed by atoms with Crippen LogP contribution in [0.1, 0.15) is 93.4 Å². The molecule has 0 aliphatic heterocycles. The summed E-state index contributed by atoms with van der Waals surface area (Å²) >= 11 is 5.72. The standard InChI is InChI=1S/C13H14O2.C12H14N2O.C11H13ClO/c1-13(2,3)12(14)10-5-4-9-6-7-15-11(9)8-10;1-12(2,3)11(15)8-4-5-9-7-13-14-10(9)6-8;1-11(2,3)10(13)8-4-6-9(12)7-5-8/h4-8H,1-3H3;4-7H,1-3H3,(H,13,14);4-7H,1-3H3. The number of hydrogen-bond acceptors (Lipinski definition) is 5. The predicted molar refractivity (Wildman–Crippen MR) is 175 cm³/mol. The molecule has 0 saturated heterocycles. The van der Waals surface area contributed by atoms with Crippen molar-refractivity contribution in [2.45, 2.75) is 62.3 Å². The molecule has 3 aromatic carbocycles. The molecule has 2 aromatic heterocycles. The van der Waals surface area contributed by atoms with Gasteiger partial charge in [-0.25, -0.2) is 0 Å². The Bertz CT molecular complexity index is 1630. The molecule has 0 radical (unpaired) electrons. The van der Waals surface area contributed by atoms with Gasteiger partial charge in [0.25, 0.3) is 0 Å². The van der Waals surface area contributed by atoms with Crippen molar-refractivity contribution in [3.05, 3.63) is 101 Å². The van der Waals surface area contributed by atoms with Gasteiger partial charge in [-0.3, -0.25) is 19.5 Å². The van der Waals surface area contributed by atoms with E-state index in [1.54, 1.807) is 36.7 Å². The van der Waals surface area contributed by atoms with Crippen LogP contribution < -0.4 is 0 Å². The number of H-pyrrole nitrogens is 1. The minimum absolute atomic E-state index is 0.140. The zero-order valence-electron chi connectivity index (χ0n) is 26.5. The van der Waals surface area contributed by atoms with Crippen LogP contribution in [-0.4, -0.2) is 27.5 Å². The Hall–Kier alpha value is -4.03. The largest absolute Gasteiger partial charge is 0.464 e. The predicted octanol–water partition coefficient (Wildman–Crippen LogP) is 10.0. The average molecular weight is 601 g/mol. The number of nitrogens with zero attached hydrogens (tertiary/aromatic N) is 1. The number of hydrogen-bond donors (Lipinski definition) is 1. The van der Waals surface area contributed by atoms with Crippen LogP contribution in [0.4, 0.5) is 0 Å². The Morgan fingerprint density at radius 1 is 0.628 bits per heavy atom. The smallest absolute Gasteiger partial charge is 0.168 e. The molecule has 0 unspecified atom stereocenters. The van der Waals surface area contributed by atoms with Crippen LogP contribution in [0.5, 0.6) is 0 Å². The third kappa shape index (κ3) is 8.98. The molecular formula is C36H41ClN2O4. The number of Topliss-reactive ketones (excluding diaryl/α,β-unsaturated/α-hetero) is 3. The second-order valence-corrected chi connectivity index (χ2v) is 14.0. The molecule has 1 N–H and O–H groups in total. The van der Waals surface area contributed by atoms with Crippen LogP contribution in [0.25, 0.3) is 21.9 Å². The van der Waals surface area contributed by atoms with Crippen molar-refractivity contribution in [2.75, 3.05) is 0 Å². The van der Waals surface area contributed by atoms with E-state index in [1.165, 1.54) is 0 Å². The number of nitrogens with one attached hydrogen (secondary N) is 1. The lowest BCUT2D eigenvalue weighted by Gasteiger charge is -2.16. The van der Waals surface area contributed by atoms with E-state index in [9.17, 15) is 14.4 Å². The molecule has 43 heavy (non-hydrogen) atoms. The Balaban J connectivity index is 0.000000177. The first kappa shape index (κ1) is 33.5. The molecule has 0 aliphatic rings. The maximum absolute atomic E-state index is 12.0. The van der Waals surface area contributed by atoms with Crippen molar-refractivity contribution >= 4 is 50.8 Å². The summed E-state index contributed by atoms with van der Waals surface area (Å²) in [6.45, 7) is 17.2. The molecule has 5 rings (SSSR count). The van der Waals surface area contributed by atoms with Gasteiger partial charge in [0.15, 0.2) is 17.3 Å². The van der Waals surface area contributed by atoms with Crippen LogP contribution >= 0.6 is 11.6 Å². The van der Waals surface area contributed by atoms with E-state index in [4.69, 9.17) is 16.0 Å². The molecule has 0 spiro atoms. The fourth-order valence-corrected chi connectivity index (χ4v) is 4.20. The Morgan fingerprint density at radius 3 is 1.63 bits per heavy atom. The number of furan rings is 1. The lowest BCUT2D eigenvalue weighted by Crippen LogP contribution is -2.19. The van der Waals surface area contributed by atoms with Crippen molar-refractivity contribution in [1.29, 1.82) is 0 Å². The van der Waals surface area contributed by atoms with E-state index in [1.807, 2.05) is 105 Å². The van der Waals surface area contributed by atoms with E-state index in [0.29, 0.717) is 10.6 Å². The van der Waals surface area contributed by atoms with Crippen molar-refractivity contribution < 1.29 is 18.8 Å². The monoisotopic (exact) mass is 600 g/mol. The first-order valence-electron chi connectivity index (χ1n) is 14.2. The molecule has 6 nitrogen and oxygen atoms in total. The zero-order valence-corrected chi connectivity index (χ0v) is 27.2. The number of carbonyl (C=O) groups excluding carboxylic acids is 3. The molecule has 2 heterocycles. The SMILES string of the molecule is CC(C)(C)C(=O)c1ccc(Cl)cc1.CC(C)(C)C(=O)c1ccc2ccoc2c1.CC(C)(C)C(=O)c1ccc2cn[nH]c2c1. The fourth-order valence-electron chi connectivity index (χ4n) is 4.07. The molecule has 0 aliphatic carbocycles. The van der Waals surface area contributed by atoms with Gasteiger partial charge < -0.3 is 4.42 Å². The topological polar surface area (TPSA) is 93.0 Å². The summed E-state index contributed by atoms with van der Waals surface area (Å²) in [4.78, 5) is 35.7. The molecule has 5 aromatic rings. The highest BCUT2D eigenvalue weighted by Crippen LogP contribution is 2.25. The van der Waals surface area contributed by atoms with E-state index in [-0.39, 0.29) is 33.6 Å². The van der Waals surface area contributed by atoms with Crippen LogP contribution in [0.3, 0.4) is 0 Å². The van der Waals surface area contributed by atoms with Gasteiger partial charge in [0, 0.05) is 48.7 Å². The first-order chi connectivity index (χ1) is 19.9. The summed E-state index contributed by atoms with van der Waals surface area (Å²) < 4.78 is 5.27. The third-order valence-electron chi connectivity index (χ3n) is 6.57. The number of aromatic nitrogens is 2. The summed E-state index contributed by atoms with van der Waals surface area (Å²) in [6.07, 6.45) is 3.39. The number of benzene rings is 3. The van der Waals surface area contributed by atoms with Gasteiger partial charge in [-0.05, 0) is 42.5 Å². The highest BCUT2D eigenvalue weighted by Gasteiger charge is 2.24. The number of carbonyl (C=O) groups is 3. The number of rotatable bonds is 3. The second-order valence-electron chi connectivity index (χ2n) is 13.6. The van der Waals surface area contributed by atoms with Crippen molar-refractivity contribution in [1.82, 2.24) is 10.2 Å². The molecule has 0 amide bonds. The van der Waals surface area contributed by atoms with Crippen molar-refractivity contribution in [2.24, 2.45) is 16.2 Å². The lowest BCUT2D eigenvalue weighted by molar-refractivity contribution is 0.0852. The van der Waals surface area contributed by atoms with Crippen LogP contribution in [-0.2, 0) is 0 Å². The number of halogens is 1. The fraction of sp³-hybridized carbons (Fsp3) is 0.333. The number of fused-ring (bicyclic) bond motifs is 2. The van der Waals surface area contributed by atoms with Crippen molar-refractivity contribution in [3.63, 3.8) is 0 Å². The van der Waals surface area contributed by atoms with E-state index >= 15 is 0 Å². The van der Waals surface area contributed by atoms with Crippen molar-refractivity contribution in [3.8, 4) is 0 Å². The Morgan fingerprint density at radius 2 is 1.09 bits per heavy atom. The van der Waals surface area contributed by atoms with Gasteiger partial charge in [-0.1, -0.05) is 98.2 Å². The van der Waals surface area contributed by atoms with Crippen LogP contribution in [0.15, 0.2) is 83.6 Å². The summed E-state index contributed by atoms with van der Waals surface area (Å²) in [7, 11) is 0. The van der Waals surface area contributed by atoms with Crippen LogP contribution in [0.2, 0.25) is 5.02 Å². The molecule has 0 saturated carbocycles. The molecule has 0 fully saturated rings. The lowest BCUT2D eigenvalue weighted by atomic mass is 9.86. The van der Waals surface area contributed by atoms with Gasteiger partial charge in [0.05, 0.1) is 18.0 Å². The second kappa shape index (κ2) is 13.1. The minimum Gasteiger partial charge on any atom is -0.464 e. The maximum Gasteiger partial charge on any atom is 0.168 e. The summed E-state index contributed by atoms with van der Waals surface area (Å²) in [5.41, 5.74) is 2.83. The average Bonchev–Trinajstić information content (AvgIpc) is 3.60. The summed E-state index contributed by atoms with van der Waals surface area (Å²) in [5, 5.41) is 9.51. The van der Waals surface area contributed by atoms with E-state index < -0.39 is 0 Å². The first-order valence-corrected chi connectivity index (χ1v) is 14.6. The van der Waals surface area contributed by atoms with E-state index in [2.05, 4.69) is 10.2 Å². The van der Waals surface area contributed by atoms with Crippen LogP contribution in [0, 0.1) is 16.2 Å². The molecule has 0 atom stereocenters. The Labute approximate surface area is 258 Å². The number of ketones is 3. The van der Waals surface area contributed by atoms with Gasteiger partial charge in [-0.2, -0.15) is 5.10 Å². The minimum atomic E-state index is -0.347. The molecule has 7 heteroatoms. The molecular weight excluding hydrogens is 560 g/mol. The quantitative estimate of drug-likeness (QED) is 0.208. The van der Waals surface area contributed by atoms with Gasteiger partial charge in [0.2, 0.25) is 0 Å². The summed E-state index contributed by atoms with van der Waals surface area (Å²) in [5.74, 6) is 0.434.